The van der Waals surface area contributed by atoms with Crippen molar-refractivity contribution in [3.63, 3.8) is 0 Å². The monoisotopic (exact) mass is 186 g/mol. The molecule has 78 valence electrons. The maximum absolute atomic E-state index is 9.31. The number of rotatable bonds is 4. The molecule has 0 saturated carbocycles. The summed E-state index contributed by atoms with van der Waals surface area (Å²) in [5.41, 5.74) is 5.98. The molecule has 1 heterocycles. The van der Waals surface area contributed by atoms with Crippen molar-refractivity contribution in [3.05, 3.63) is 0 Å². The van der Waals surface area contributed by atoms with Crippen molar-refractivity contribution in [2.45, 2.75) is 38.8 Å². The predicted molar refractivity (Wildman–Crippen MR) is 54.5 cm³/mol. The summed E-state index contributed by atoms with van der Waals surface area (Å²) in [5.74, 6) is 0.669. The Morgan fingerprint density at radius 3 is 2.69 bits per heavy atom. The highest BCUT2D eigenvalue weighted by Crippen LogP contribution is 2.11. The highest BCUT2D eigenvalue weighted by molar-refractivity contribution is 4.78. The van der Waals surface area contributed by atoms with Crippen LogP contribution in [0.2, 0.25) is 0 Å². The van der Waals surface area contributed by atoms with Crippen LogP contribution in [0, 0.1) is 5.92 Å². The van der Waals surface area contributed by atoms with E-state index in [2.05, 4.69) is 18.7 Å². The first-order chi connectivity index (χ1) is 6.08. The summed E-state index contributed by atoms with van der Waals surface area (Å²) >= 11 is 0. The van der Waals surface area contributed by atoms with Gasteiger partial charge in [-0.25, -0.2) is 0 Å². The SMILES string of the molecule is CC(C)C[C@H](N)CN1CCC(O)C1. The molecular weight excluding hydrogens is 164 g/mol. The molecule has 3 heteroatoms. The molecule has 1 unspecified atom stereocenters. The lowest BCUT2D eigenvalue weighted by molar-refractivity contribution is 0.173. The van der Waals surface area contributed by atoms with Gasteiger partial charge in [0.2, 0.25) is 0 Å². The molecule has 1 aliphatic rings. The van der Waals surface area contributed by atoms with Crippen LogP contribution in [0.1, 0.15) is 26.7 Å². The summed E-state index contributed by atoms with van der Waals surface area (Å²) in [6.45, 7) is 7.14. The number of hydrogen-bond donors (Lipinski definition) is 2. The minimum atomic E-state index is -0.119. The normalized spacial score (nSPS) is 27.0. The first-order valence-corrected chi connectivity index (χ1v) is 5.24. The standard InChI is InChI=1S/C10H22N2O/c1-8(2)5-9(11)6-12-4-3-10(13)7-12/h8-10,13H,3-7,11H2,1-2H3/t9-,10?/m0/s1. The lowest BCUT2D eigenvalue weighted by Gasteiger charge is -2.21. The molecule has 1 fully saturated rings. The molecule has 0 amide bonds. The largest absolute Gasteiger partial charge is 0.392 e. The Morgan fingerprint density at radius 2 is 2.23 bits per heavy atom. The van der Waals surface area contributed by atoms with Crippen LogP contribution in [0.3, 0.4) is 0 Å². The first-order valence-electron chi connectivity index (χ1n) is 5.24. The fourth-order valence-corrected chi connectivity index (χ4v) is 1.99. The Kier molecular flexibility index (Phi) is 4.16. The van der Waals surface area contributed by atoms with Gasteiger partial charge >= 0.3 is 0 Å². The van der Waals surface area contributed by atoms with E-state index in [1.807, 2.05) is 0 Å². The Bertz CT molecular complexity index is 150. The van der Waals surface area contributed by atoms with Gasteiger partial charge in [0.1, 0.15) is 0 Å². The summed E-state index contributed by atoms with van der Waals surface area (Å²) in [6.07, 6.45) is 1.87. The van der Waals surface area contributed by atoms with Crippen molar-refractivity contribution in [3.8, 4) is 0 Å². The third-order valence-electron chi connectivity index (χ3n) is 2.51. The van der Waals surface area contributed by atoms with Gasteiger partial charge in [0.15, 0.2) is 0 Å². The fourth-order valence-electron chi connectivity index (χ4n) is 1.99. The van der Waals surface area contributed by atoms with Gasteiger partial charge in [0.25, 0.3) is 0 Å². The van der Waals surface area contributed by atoms with Gasteiger partial charge in [-0.15, -0.1) is 0 Å². The van der Waals surface area contributed by atoms with Crippen LogP contribution in [0.4, 0.5) is 0 Å². The van der Waals surface area contributed by atoms with E-state index in [0.717, 1.165) is 32.5 Å². The molecule has 2 atom stereocenters. The van der Waals surface area contributed by atoms with Crippen molar-refractivity contribution in [2.75, 3.05) is 19.6 Å². The van der Waals surface area contributed by atoms with Crippen LogP contribution >= 0.6 is 0 Å². The Labute approximate surface area is 80.9 Å². The molecule has 1 aliphatic heterocycles. The zero-order valence-electron chi connectivity index (χ0n) is 8.74. The van der Waals surface area contributed by atoms with Gasteiger partial charge in [-0.3, -0.25) is 4.90 Å². The van der Waals surface area contributed by atoms with E-state index in [9.17, 15) is 5.11 Å². The molecule has 0 aliphatic carbocycles. The Balaban J connectivity index is 2.16. The number of hydrogen-bond acceptors (Lipinski definition) is 3. The molecule has 1 rings (SSSR count). The molecule has 0 aromatic rings. The van der Waals surface area contributed by atoms with Gasteiger partial charge in [-0.05, 0) is 18.8 Å². The van der Waals surface area contributed by atoms with Crippen molar-refractivity contribution >= 4 is 0 Å². The van der Waals surface area contributed by atoms with E-state index < -0.39 is 0 Å². The van der Waals surface area contributed by atoms with Crippen molar-refractivity contribution in [1.29, 1.82) is 0 Å². The second kappa shape index (κ2) is 4.94. The lowest BCUT2D eigenvalue weighted by atomic mass is 10.0. The average Bonchev–Trinajstić information content (AvgIpc) is 2.33. The van der Waals surface area contributed by atoms with E-state index in [1.165, 1.54) is 0 Å². The van der Waals surface area contributed by atoms with Gasteiger partial charge in [-0.2, -0.15) is 0 Å². The summed E-state index contributed by atoms with van der Waals surface area (Å²) < 4.78 is 0. The van der Waals surface area contributed by atoms with E-state index >= 15 is 0 Å². The maximum Gasteiger partial charge on any atom is 0.0679 e. The summed E-state index contributed by atoms with van der Waals surface area (Å²) in [7, 11) is 0. The van der Waals surface area contributed by atoms with E-state index in [4.69, 9.17) is 5.73 Å². The number of nitrogens with two attached hydrogens (primary N) is 1. The van der Waals surface area contributed by atoms with Crippen LogP contribution in [-0.4, -0.2) is 41.8 Å². The summed E-state index contributed by atoms with van der Waals surface area (Å²) in [5, 5.41) is 9.31. The summed E-state index contributed by atoms with van der Waals surface area (Å²) in [6, 6.07) is 0.269. The second-order valence-electron chi connectivity index (χ2n) is 4.59. The number of aliphatic hydroxyl groups excluding tert-OH is 1. The van der Waals surface area contributed by atoms with Crippen LogP contribution in [-0.2, 0) is 0 Å². The topological polar surface area (TPSA) is 49.5 Å². The molecule has 13 heavy (non-hydrogen) atoms. The highest BCUT2D eigenvalue weighted by Gasteiger charge is 2.21. The van der Waals surface area contributed by atoms with Gasteiger partial charge in [0, 0.05) is 25.7 Å². The third kappa shape index (κ3) is 4.07. The predicted octanol–water partition coefficient (Wildman–Crippen LogP) is 0.426. The maximum atomic E-state index is 9.31. The van der Waals surface area contributed by atoms with Crippen LogP contribution in [0.5, 0.6) is 0 Å². The zero-order chi connectivity index (χ0) is 9.84. The molecule has 0 aromatic heterocycles. The van der Waals surface area contributed by atoms with Crippen LogP contribution in [0.15, 0.2) is 0 Å². The van der Waals surface area contributed by atoms with Gasteiger partial charge in [-0.1, -0.05) is 13.8 Å². The Hall–Kier alpha value is -0.120. The smallest absolute Gasteiger partial charge is 0.0679 e. The minimum Gasteiger partial charge on any atom is -0.392 e. The van der Waals surface area contributed by atoms with Crippen LogP contribution < -0.4 is 5.73 Å². The fraction of sp³-hybridized carbons (Fsp3) is 1.00. The molecule has 1 saturated heterocycles. The molecular formula is C10H22N2O. The quantitative estimate of drug-likeness (QED) is 0.669. The van der Waals surface area contributed by atoms with Gasteiger partial charge < -0.3 is 10.8 Å². The Morgan fingerprint density at radius 1 is 1.54 bits per heavy atom. The molecule has 0 radical (unpaired) electrons. The van der Waals surface area contributed by atoms with Crippen molar-refractivity contribution in [1.82, 2.24) is 4.90 Å². The van der Waals surface area contributed by atoms with Crippen LogP contribution in [0.25, 0.3) is 0 Å². The van der Waals surface area contributed by atoms with E-state index in [0.29, 0.717) is 5.92 Å². The minimum absolute atomic E-state index is 0.119. The molecule has 0 spiro atoms. The van der Waals surface area contributed by atoms with Crippen molar-refractivity contribution in [2.24, 2.45) is 11.7 Å². The summed E-state index contributed by atoms with van der Waals surface area (Å²) in [4.78, 5) is 2.26. The molecule has 0 bridgehead atoms. The van der Waals surface area contributed by atoms with E-state index in [1.54, 1.807) is 0 Å². The average molecular weight is 186 g/mol. The molecule has 3 nitrogen and oxygen atoms in total. The third-order valence-corrected chi connectivity index (χ3v) is 2.51. The molecule has 3 N–H and O–H groups in total. The number of nitrogens with zero attached hydrogens (tertiary/aromatic N) is 1. The zero-order valence-corrected chi connectivity index (χ0v) is 8.74. The van der Waals surface area contributed by atoms with Gasteiger partial charge in [0.05, 0.1) is 6.10 Å². The van der Waals surface area contributed by atoms with E-state index in [-0.39, 0.29) is 12.1 Å². The first kappa shape index (κ1) is 11.0. The lowest BCUT2D eigenvalue weighted by Crippen LogP contribution is -2.37. The van der Waals surface area contributed by atoms with Crippen molar-refractivity contribution < 1.29 is 5.11 Å². The number of likely N-dealkylation sites (tertiary alicyclic amines) is 1. The number of aliphatic hydroxyl groups is 1. The second-order valence-corrected chi connectivity index (χ2v) is 4.59. The molecule has 0 aromatic carbocycles. The highest BCUT2D eigenvalue weighted by atomic mass is 16.3. The number of β-amino-alcohol motifs (C(OH)–C–C–N with tert-alkyl or cyclic N) is 1.